The van der Waals surface area contributed by atoms with Crippen LogP contribution in [0.15, 0.2) is 6.07 Å². The van der Waals surface area contributed by atoms with E-state index in [1.54, 1.807) is 4.90 Å². The molecule has 2 rings (SSSR count). The summed E-state index contributed by atoms with van der Waals surface area (Å²) < 4.78 is 37.7. The zero-order valence-electron chi connectivity index (χ0n) is 11.1. The van der Waals surface area contributed by atoms with Gasteiger partial charge in [-0.25, -0.2) is 9.97 Å². The Morgan fingerprint density at radius 2 is 2.00 bits per heavy atom. The molecule has 1 N–H and O–H groups in total. The number of likely N-dealkylation sites (tertiary alicyclic amines) is 1. The Morgan fingerprint density at radius 3 is 2.62 bits per heavy atom. The minimum absolute atomic E-state index is 0.0174. The van der Waals surface area contributed by atoms with Crippen LogP contribution in [0, 0.1) is 0 Å². The molecule has 0 atom stereocenters. The molecule has 5 nitrogen and oxygen atoms in total. The summed E-state index contributed by atoms with van der Waals surface area (Å²) in [7, 11) is 0. The van der Waals surface area contributed by atoms with Crippen LogP contribution in [0.5, 0.6) is 0 Å². The van der Waals surface area contributed by atoms with Gasteiger partial charge in [-0.2, -0.15) is 13.2 Å². The second-order valence-electron chi connectivity index (χ2n) is 4.67. The molecule has 1 amide bonds. The third kappa shape index (κ3) is 4.45. The maximum Gasteiger partial charge on any atom is 0.433 e. The Balaban J connectivity index is 1.91. The molecule has 0 saturated carbocycles. The molecule has 9 heteroatoms. The summed E-state index contributed by atoms with van der Waals surface area (Å²) in [6.07, 6.45) is -2.40. The van der Waals surface area contributed by atoms with Crippen LogP contribution in [0.1, 0.15) is 25.0 Å². The second-order valence-corrected chi connectivity index (χ2v) is 5.01. The highest BCUT2D eigenvalue weighted by Gasteiger charge is 2.33. The molecule has 1 aliphatic rings. The molecule has 116 valence electrons. The first-order chi connectivity index (χ1) is 9.86. The molecular formula is C12H14ClF3N4O. The van der Waals surface area contributed by atoms with Gasteiger partial charge in [0, 0.05) is 32.1 Å². The van der Waals surface area contributed by atoms with Crippen LogP contribution in [0.25, 0.3) is 0 Å². The van der Waals surface area contributed by atoms with Gasteiger partial charge in [0.05, 0.1) is 0 Å². The molecule has 1 saturated heterocycles. The van der Waals surface area contributed by atoms with Crippen molar-refractivity contribution in [2.75, 3.05) is 25.0 Å². The first-order valence-electron chi connectivity index (χ1n) is 6.49. The van der Waals surface area contributed by atoms with Crippen molar-refractivity contribution in [2.45, 2.75) is 25.4 Å². The molecule has 0 aromatic carbocycles. The molecule has 0 radical (unpaired) electrons. The van der Waals surface area contributed by atoms with E-state index in [1.807, 2.05) is 0 Å². The van der Waals surface area contributed by atoms with E-state index in [9.17, 15) is 18.0 Å². The summed E-state index contributed by atoms with van der Waals surface area (Å²) in [6.45, 7) is 1.69. The number of carbonyl (C=O) groups excluding carboxylic acids is 1. The van der Waals surface area contributed by atoms with Crippen LogP contribution in [-0.4, -0.2) is 40.4 Å². The normalized spacial score (nSPS) is 15.3. The number of hydrogen-bond donors (Lipinski definition) is 1. The topological polar surface area (TPSA) is 58.1 Å². The number of halogens is 4. The van der Waals surface area contributed by atoms with Crippen LogP contribution in [0.4, 0.5) is 19.0 Å². The monoisotopic (exact) mass is 322 g/mol. The highest BCUT2D eigenvalue weighted by atomic mass is 35.5. The minimum atomic E-state index is -4.59. The standard InChI is InChI=1S/C12H14ClF3N4O/c13-11-18-8(12(14,15)16)7-9(19-11)17-4-3-10(21)20-5-1-2-6-20/h7H,1-6H2,(H,17,18,19). The first-order valence-corrected chi connectivity index (χ1v) is 6.87. The number of aromatic nitrogens is 2. The van der Waals surface area contributed by atoms with E-state index < -0.39 is 17.2 Å². The molecule has 1 aromatic heterocycles. The number of anilines is 1. The van der Waals surface area contributed by atoms with Gasteiger partial charge in [-0.05, 0) is 24.4 Å². The molecule has 1 aliphatic heterocycles. The minimum Gasteiger partial charge on any atom is -0.369 e. The fourth-order valence-electron chi connectivity index (χ4n) is 2.08. The quantitative estimate of drug-likeness (QED) is 0.866. The highest BCUT2D eigenvalue weighted by molar-refractivity contribution is 6.28. The van der Waals surface area contributed by atoms with Gasteiger partial charge >= 0.3 is 6.18 Å². The number of amides is 1. The van der Waals surface area contributed by atoms with Crippen molar-refractivity contribution >= 4 is 23.3 Å². The lowest BCUT2D eigenvalue weighted by molar-refractivity contribution is -0.141. The summed E-state index contributed by atoms with van der Waals surface area (Å²) in [5, 5.41) is 2.18. The second kappa shape index (κ2) is 6.46. The van der Waals surface area contributed by atoms with Gasteiger partial charge in [-0.3, -0.25) is 4.79 Å². The van der Waals surface area contributed by atoms with Crippen LogP contribution in [0.2, 0.25) is 5.28 Å². The van der Waals surface area contributed by atoms with Crippen molar-refractivity contribution in [2.24, 2.45) is 0 Å². The first kappa shape index (κ1) is 15.8. The maximum absolute atomic E-state index is 12.6. The van der Waals surface area contributed by atoms with E-state index in [-0.39, 0.29) is 24.7 Å². The lowest BCUT2D eigenvalue weighted by atomic mass is 10.3. The van der Waals surface area contributed by atoms with Gasteiger partial charge in [0.1, 0.15) is 5.82 Å². The third-order valence-electron chi connectivity index (χ3n) is 3.09. The maximum atomic E-state index is 12.6. The summed E-state index contributed by atoms with van der Waals surface area (Å²) in [5.41, 5.74) is -1.11. The SMILES string of the molecule is O=C(CCNc1cc(C(F)(F)F)nc(Cl)n1)N1CCCC1. The van der Waals surface area contributed by atoms with E-state index in [4.69, 9.17) is 11.6 Å². The number of nitrogens with zero attached hydrogens (tertiary/aromatic N) is 3. The largest absolute Gasteiger partial charge is 0.433 e. The number of alkyl halides is 3. The fourth-order valence-corrected chi connectivity index (χ4v) is 2.26. The molecule has 2 heterocycles. The molecule has 0 unspecified atom stereocenters. The molecule has 0 bridgehead atoms. The van der Waals surface area contributed by atoms with E-state index >= 15 is 0 Å². The van der Waals surface area contributed by atoms with Gasteiger partial charge in [0.15, 0.2) is 5.69 Å². The number of rotatable bonds is 4. The lowest BCUT2D eigenvalue weighted by Crippen LogP contribution is -2.29. The van der Waals surface area contributed by atoms with Crippen LogP contribution in [-0.2, 0) is 11.0 Å². The zero-order valence-corrected chi connectivity index (χ0v) is 11.8. The van der Waals surface area contributed by atoms with E-state index in [0.717, 1.165) is 32.0 Å². The number of carbonyl (C=O) groups is 1. The van der Waals surface area contributed by atoms with Crippen LogP contribution >= 0.6 is 11.6 Å². The summed E-state index contributed by atoms with van der Waals surface area (Å²) in [4.78, 5) is 20.3. The Kier molecular flexibility index (Phi) is 4.87. The van der Waals surface area contributed by atoms with Crippen molar-refractivity contribution in [3.63, 3.8) is 0 Å². The number of hydrogen-bond acceptors (Lipinski definition) is 4. The molecule has 1 aromatic rings. The lowest BCUT2D eigenvalue weighted by Gasteiger charge is -2.15. The Hall–Kier alpha value is -1.57. The molecule has 21 heavy (non-hydrogen) atoms. The van der Waals surface area contributed by atoms with Gasteiger partial charge in [-0.15, -0.1) is 0 Å². The third-order valence-corrected chi connectivity index (χ3v) is 3.26. The highest BCUT2D eigenvalue weighted by Crippen LogP contribution is 2.29. The number of nitrogens with one attached hydrogen (secondary N) is 1. The van der Waals surface area contributed by atoms with Crippen LogP contribution in [0.3, 0.4) is 0 Å². The van der Waals surface area contributed by atoms with Gasteiger partial charge in [-0.1, -0.05) is 0 Å². The average Bonchev–Trinajstić information content (AvgIpc) is 2.90. The average molecular weight is 323 g/mol. The molecule has 0 spiro atoms. The summed E-state index contributed by atoms with van der Waals surface area (Å²) in [5.74, 6) is -0.0623. The Bertz CT molecular complexity index is 518. The van der Waals surface area contributed by atoms with E-state index in [1.165, 1.54) is 0 Å². The Labute approximate surface area is 124 Å². The van der Waals surface area contributed by atoms with Crippen molar-refractivity contribution in [3.8, 4) is 0 Å². The molecule has 0 aliphatic carbocycles. The Morgan fingerprint density at radius 1 is 1.33 bits per heavy atom. The van der Waals surface area contributed by atoms with E-state index in [2.05, 4.69) is 15.3 Å². The predicted octanol–water partition coefficient (Wildman–Crippen LogP) is 2.57. The fraction of sp³-hybridized carbons (Fsp3) is 0.583. The predicted molar refractivity (Wildman–Crippen MR) is 71.0 cm³/mol. The van der Waals surface area contributed by atoms with Crippen molar-refractivity contribution in [1.82, 2.24) is 14.9 Å². The summed E-state index contributed by atoms with van der Waals surface area (Å²) in [6, 6.07) is 0.770. The summed E-state index contributed by atoms with van der Waals surface area (Å²) >= 11 is 5.46. The van der Waals surface area contributed by atoms with Gasteiger partial charge in [0.25, 0.3) is 0 Å². The van der Waals surface area contributed by atoms with Crippen LogP contribution < -0.4 is 5.32 Å². The zero-order chi connectivity index (χ0) is 15.5. The van der Waals surface area contributed by atoms with Gasteiger partial charge in [0.2, 0.25) is 11.2 Å². The molecule has 1 fully saturated rings. The van der Waals surface area contributed by atoms with Crippen molar-refractivity contribution < 1.29 is 18.0 Å². The smallest absolute Gasteiger partial charge is 0.369 e. The van der Waals surface area contributed by atoms with E-state index in [0.29, 0.717) is 0 Å². The van der Waals surface area contributed by atoms with Crippen molar-refractivity contribution in [3.05, 3.63) is 17.0 Å². The van der Waals surface area contributed by atoms with Gasteiger partial charge < -0.3 is 10.2 Å². The van der Waals surface area contributed by atoms with Crippen molar-refractivity contribution in [1.29, 1.82) is 0 Å². The molecular weight excluding hydrogens is 309 g/mol.